The molecule has 150 valence electrons. The van der Waals surface area contributed by atoms with E-state index in [1.54, 1.807) is 18.2 Å². The minimum absolute atomic E-state index is 0.0348. The number of nitrogens with one attached hydrogen (secondary N) is 1. The lowest BCUT2D eigenvalue weighted by atomic mass is 10.2. The summed E-state index contributed by atoms with van der Waals surface area (Å²) < 4.78 is 40.9. The van der Waals surface area contributed by atoms with Crippen LogP contribution in [0.4, 0.5) is 14.5 Å². The standard InChI is InChI=1S/C18H17Cl2F2N3O3/c19-11-6-10(16(13(20)7-11)28-17(21)22)9-24-18(23)25-12-2-3-14-15(8-12)27-5-1-4-26-14/h2-3,6-8,17H,1,4-5,9H2,(H3,23,24,25). The van der Waals surface area contributed by atoms with Gasteiger partial charge < -0.3 is 25.3 Å². The molecule has 2 aromatic rings. The molecule has 0 saturated heterocycles. The number of benzene rings is 2. The van der Waals surface area contributed by atoms with Crippen LogP contribution >= 0.6 is 23.2 Å². The van der Waals surface area contributed by atoms with Gasteiger partial charge in [0, 0.05) is 28.8 Å². The third-order valence-electron chi connectivity index (χ3n) is 3.73. The highest BCUT2D eigenvalue weighted by molar-refractivity contribution is 6.35. The van der Waals surface area contributed by atoms with Crippen molar-refractivity contribution in [3.63, 3.8) is 0 Å². The molecular weight excluding hydrogens is 415 g/mol. The van der Waals surface area contributed by atoms with Crippen molar-refractivity contribution in [2.24, 2.45) is 10.7 Å². The van der Waals surface area contributed by atoms with Crippen molar-refractivity contribution in [2.45, 2.75) is 19.6 Å². The van der Waals surface area contributed by atoms with Crippen molar-refractivity contribution in [3.8, 4) is 17.2 Å². The summed E-state index contributed by atoms with van der Waals surface area (Å²) in [4.78, 5) is 4.14. The summed E-state index contributed by atoms with van der Waals surface area (Å²) in [6.45, 7) is -1.94. The van der Waals surface area contributed by atoms with Crippen LogP contribution in [0.2, 0.25) is 10.0 Å². The van der Waals surface area contributed by atoms with Crippen molar-refractivity contribution < 1.29 is 23.0 Å². The van der Waals surface area contributed by atoms with Gasteiger partial charge in [-0.15, -0.1) is 0 Å². The summed E-state index contributed by atoms with van der Waals surface area (Å²) in [6, 6.07) is 8.02. The quantitative estimate of drug-likeness (QED) is 0.530. The van der Waals surface area contributed by atoms with E-state index in [1.165, 1.54) is 12.1 Å². The van der Waals surface area contributed by atoms with E-state index in [9.17, 15) is 8.78 Å². The van der Waals surface area contributed by atoms with Crippen LogP contribution in [-0.4, -0.2) is 25.8 Å². The Labute approximate surface area is 170 Å². The largest absolute Gasteiger partial charge is 0.490 e. The molecule has 1 aliphatic heterocycles. The minimum atomic E-state index is -3.03. The SMILES string of the molecule is NC(=NCc1cc(Cl)cc(Cl)c1OC(F)F)Nc1ccc2c(c1)OCCCO2. The molecule has 0 aromatic heterocycles. The zero-order valence-electron chi connectivity index (χ0n) is 14.6. The Bertz CT molecular complexity index is 881. The molecule has 1 heterocycles. The van der Waals surface area contributed by atoms with Gasteiger partial charge in [0.15, 0.2) is 17.5 Å². The summed E-state index contributed by atoms with van der Waals surface area (Å²) in [5.41, 5.74) is 6.82. The van der Waals surface area contributed by atoms with Gasteiger partial charge in [0.2, 0.25) is 0 Å². The Morgan fingerprint density at radius 1 is 1.18 bits per heavy atom. The van der Waals surface area contributed by atoms with Gasteiger partial charge in [-0.2, -0.15) is 8.78 Å². The second-order valence-corrected chi connectivity index (χ2v) is 6.64. The number of halogens is 4. The number of guanidine groups is 1. The van der Waals surface area contributed by atoms with Crippen LogP contribution in [0.1, 0.15) is 12.0 Å². The van der Waals surface area contributed by atoms with E-state index < -0.39 is 6.61 Å². The Morgan fingerprint density at radius 2 is 1.93 bits per heavy atom. The van der Waals surface area contributed by atoms with Crippen LogP contribution in [0, 0.1) is 0 Å². The zero-order chi connectivity index (χ0) is 20.1. The Kier molecular flexibility index (Phi) is 6.64. The van der Waals surface area contributed by atoms with E-state index in [1.807, 2.05) is 0 Å². The topological polar surface area (TPSA) is 78.1 Å². The molecule has 10 heteroatoms. The highest BCUT2D eigenvalue weighted by Crippen LogP contribution is 2.34. The maximum absolute atomic E-state index is 12.6. The third kappa shape index (κ3) is 5.30. The normalized spacial score (nSPS) is 14.0. The number of aliphatic imine (C=N–C) groups is 1. The van der Waals surface area contributed by atoms with Crippen LogP contribution in [0.5, 0.6) is 17.2 Å². The lowest BCUT2D eigenvalue weighted by molar-refractivity contribution is -0.0503. The first kappa shape index (κ1) is 20.3. The Hall–Kier alpha value is -2.45. The van der Waals surface area contributed by atoms with Crippen LogP contribution in [-0.2, 0) is 6.54 Å². The number of hydrogen-bond acceptors (Lipinski definition) is 4. The van der Waals surface area contributed by atoms with Gasteiger partial charge in [-0.25, -0.2) is 4.99 Å². The van der Waals surface area contributed by atoms with Crippen molar-refractivity contribution >= 4 is 34.8 Å². The first-order chi connectivity index (χ1) is 13.4. The first-order valence-electron chi connectivity index (χ1n) is 8.31. The van der Waals surface area contributed by atoms with Gasteiger partial charge in [0.25, 0.3) is 0 Å². The van der Waals surface area contributed by atoms with E-state index in [-0.39, 0.29) is 33.9 Å². The first-order valence-corrected chi connectivity index (χ1v) is 9.07. The molecule has 2 aromatic carbocycles. The van der Waals surface area contributed by atoms with Gasteiger partial charge in [-0.3, -0.25) is 0 Å². The summed E-state index contributed by atoms with van der Waals surface area (Å²) in [6.07, 6.45) is 0.798. The Balaban J connectivity index is 1.74. The molecular formula is C18H17Cl2F2N3O3. The smallest absolute Gasteiger partial charge is 0.387 e. The molecule has 3 N–H and O–H groups in total. The van der Waals surface area contributed by atoms with E-state index in [2.05, 4.69) is 15.0 Å². The summed E-state index contributed by atoms with van der Waals surface area (Å²) >= 11 is 11.9. The number of alkyl halides is 2. The molecule has 0 unspecified atom stereocenters. The minimum Gasteiger partial charge on any atom is -0.490 e. The highest BCUT2D eigenvalue weighted by Gasteiger charge is 2.15. The van der Waals surface area contributed by atoms with Gasteiger partial charge in [0.1, 0.15) is 5.75 Å². The fraction of sp³-hybridized carbons (Fsp3) is 0.278. The number of ether oxygens (including phenoxy) is 3. The molecule has 3 rings (SSSR count). The average molecular weight is 432 g/mol. The maximum atomic E-state index is 12.6. The second-order valence-electron chi connectivity index (χ2n) is 5.79. The van der Waals surface area contributed by atoms with Crippen molar-refractivity contribution in [3.05, 3.63) is 45.9 Å². The third-order valence-corrected chi connectivity index (χ3v) is 4.23. The molecule has 1 aliphatic rings. The van der Waals surface area contributed by atoms with Crippen LogP contribution < -0.4 is 25.3 Å². The van der Waals surface area contributed by atoms with E-state index in [4.69, 9.17) is 38.4 Å². The van der Waals surface area contributed by atoms with Crippen molar-refractivity contribution in [1.29, 1.82) is 0 Å². The zero-order valence-corrected chi connectivity index (χ0v) is 16.1. The van der Waals surface area contributed by atoms with E-state index in [0.717, 1.165) is 6.42 Å². The number of nitrogens with two attached hydrogens (primary N) is 1. The lowest BCUT2D eigenvalue weighted by Crippen LogP contribution is -2.22. The van der Waals surface area contributed by atoms with Crippen molar-refractivity contribution in [2.75, 3.05) is 18.5 Å². The average Bonchev–Trinajstić information content (AvgIpc) is 2.87. The van der Waals surface area contributed by atoms with Gasteiger partial charge in [0.05, 0.1) is 24.8 Å². The monoisotopic (exact) mass is 431 g/mol. The fourth-order valence-corrected chi connectivity index (χ4v) is 3.13. The molecule has 0 bridgehead atoms. The van der Waals surface area contributed by atoms with Gasteiger partial charge in [-0.1, -0.05) is 23.2 Å². The molecule has 0 amide bonds. The summed E-state index contributed by atoms with van der Waals surface area (Å²) in [5, 5.41) is 3.14. The van der Waals surface area contributed by atoms with Gasteiger partial charge in [-0.05, 0) is 24.3 Å². The molecule has 0 fully saturated rings. The number of hydrogen-bond donors (Lipinski definition) is 2. The molecule has 0 saturated carbocycles. The molecule has 0 radical (unpaired) electrons. The molecule has 28 heavy (non-hydrogen) atoms. The van der Waals surface area contributed by atoms with Crippen molar-refractivity contribution in [1.82, 2.24) is 0 Å². The second kappa shape index (κ2) is 9.16. The molecule has 6 nitrogen and oxygen atoms in total. The molecule has 0 aliphatic carbocycles. The van der Waals surface area contributed by atoms with E-state index >= 15 is 0 Å². The summed E-state index contributed by atoms with van der Waals surface area (Å²) in [5.74, 6) is 1.13. The highest BCUT2D eigenvalue weighted by atomic mass is 35.5. The van der Waals surface area contributed by atoms with Crippen LogP contribution in [0.3, 0.4) is 0 Å². The number of rotatable bonds is 5. The molecule has 0 atom stereocenters. The predicted molar refractivity (Wildman–Crippen MR) is 104 cm³/mol. The molecule has 0 spiro atoms. The Morgan fingerprint density at radius 3 is 2.68 bits per heavy atom. The fourth-order valence-electron chi connectivity index (χ4n) is 2.55. The summed E-state index contributed by atoms with van der Waals surface area (Å²) in [7, 11) is 0. The number of fused-ring (bicyclic) bond motifs is 1. The predicted octanol–water partition coefficient (Wildman–Crippen LogP) is 4.68. The maximum Gasteiger partial charge on any atom is 0.387 e. The lowest BCUT2D eigenvalue weighted by Gasteiger charge is -2.13. The van der Waals surface area contributed by atoms with Gasteiger partial charge >= 0.3 is 6.61 Å². The number of anilines is 1. The van der Waals surface area contributed by atoms with E-state index in [0.29, 0.717) is 30.4 Å². The van der Waals surface area contributed by atoms with Crippen LogP contribution in [0.25, 0.3) is 0 Å². The number of nitrogens with zero attached hydrogens (tertiary/aromatic N) is 1. The van der Waals surface area contributed by atoms with Crippen LogP contribution in [0.15, 0.2) is 35.3 Å².